The number of carbonyl (C=O) groups excluding carboxylic acids is 1. The molecule has 1 aliphatic rings. The number of rotatable bonds is 7. The molecule has 2 heterocycles. The number of ether oxygens (including phenoxy) is 1. The summed E-state index contributed by atoms with van der Waals surface area (Å²) < 4.78 is 6.52. The quantitative estimate of drug-likeness (QED) is 0.333. The Hall–Kier alpha value is -2.97. The lowest BCUT2D eigenvalue weighted by Crippen LogP contribution is -2.31. The summed E-state index contributed by atoms with van der Waals surface area (Å²) in [6, 6.07) is 22.7. The minimum Gasteiger partial charge on any atom is -0.494 e. The molecule has 1 N–H and O–H groups in total. The van der Waals surface area contributed by atoms with E-state index in [0.29, 0.717) is 22.5 Å². The number of anilines is 1. The number of benzene rings is 3. The van der Waals surface area contributed by atoms with Gasteiger partial charge in [0, 0.05) is 36.8 Å². The van der Waals surface area contributed by atoms with Crippen molar-refractivity contribution < 1.29 is 9.53 Å². The summed E-state index contributed by atoms with van der Waals surface area (Å²) in [5.41, 5.74) is 4.77. The average Bonchev–Trinajstić information content (AvgIpc) is 3.51. The first-order valence-electron chi connectivity index (χ1n) is 11.8. The number of carbonyl (C=O) groups is 1. The lowest BCUT2D eigenvalue weighted by molar-refractivity contribution is 0.102. The van der Waals surface area contributed by atoms with E-state index in [4.69, 9.17) is 9.72 Å². The number of amides is 1. The standard InChI is InChI=1S/C28H30N4O2S.ClH/c1-31(2)22-15-16-32(18-22)17-19-9-11-21(12-10-19)27(33)30-28-29-25-24(34-3)14-13-23(26(25)35-28)20-7-5-4-6-8-20;/h4-14,22H,15-18H2,1-3H3,(H,29,30,33);1H/t22-;/m1./s1. The number of nitrogens with one attached hydrogen (secondary N) is 1. The van der Waals surface area contributed by atoms with E-state index in [1.807, 2.05) is 54.6 Å². The lowest BCUT2D eigenvalue weighted by atomic mass is 10.1. The summed E-state index contributed by atoms with van der Waals surface area (Å²) in [5.74, 6) is 0.531. The van der Waals surface area contributed by atoms with Crippen molar-refractivity contribution in [3.05, 3.63) is 77.9 Å². The second-order valence-corrected chi connectivity index (χ2v) is 10.2. The second-order valence-electron chi connectivity index (χ2n) is 9.17. The monoisotopic (exact) mass is 522 g/mol. The van der Waals surface area contributed by atoms with Crippen molar-refractivity contribution in [1.82, 2.24) is 14.8 Å². The van der Waals surface area contributed by atoms with Crippen LogP contribution in [0, 0.1) is 0 Å². The summed E-state index contributed by atoms with van der Waals surface area (Å²) in [6.07, 6.45) is 1.20. The fourth-order valence-electron chi connectivity index (χ4n) is 4.61. The number of nitrogens with zero attached hydrogens (tertiary/aromatic N) is 3. The third kappa shape index (κ3) is 5.55. The molecule has 1 aromatic heterocycles. The number of halogens is 1. The summed E-state index contributed by atoms with van der Waals surface area (Å²) in [4.78, 5) is 22.4. The first-order chi connectivity index (χ1) is 17.0. The molecule has 1 atom stereocenters. The summed E-state index contributed by atoms with van der Waals surface area (Å²) >= 11 is 1.46. The van der Waals surface area contributed by atoms with Gasteiger partial charge >= 0.3 is 0 Å². The van der Waals surface area contributed by atoms with Gasteiger partial charge in [-0.2, -0.15) is 0 Å². The Bertz CT molecular complexity index is 1320. The van der Waals surface area contributed by atoms with Gasteiger partial charge in [-0.15, -0.1) is 12.4 Å². The molecule has 1 saturated heterocycles. The molecular formula is C28H31ClN4O2S. The molecule has 188 valence electrons. The topological polar surface area (TPSA) is 57.7 Å². The maximum absolute atomic E-state index is 13.0. The van der Waals surface area contributed by atoms with Crippen molar-refractivity contribution in [2.45, 2.75) is 19.0 Å². The normalized spacial score (nSPS) is 15.7. The smallest absolute Gasteiger partial charge is 0.257 e. The largest absolute Gasteiger partial charge is 0.494 e. The molecular weight excluding hydrogens is 492 g/mol. The number of fused-ring (bicyclic) bond motifs is 1. The molecule has 0 bridgehead atoms. The van der Waals surface area contributed by atoms with E-state index in [2.05, 4.69) is 41.3 Å². The minimum atomic E-state index is -0.162. The summed E-state index contributed by atoms with van der Waals surface area (Å²) in [7, 11) is 5.93. The molecule has 5 rings (SSSR count). The van der Waals surface area contributed by atoms with Gasteiger partial charge in [0.05, 0.1) is 11.8 Å². The van der Waals surface area contributed by atoms with Gasteiger partial charge in [-0.05, 0) is 55.9 Å². The van der Waals surface area contributed by atoms with Crippen molar-refractivity contribution in [1.29, 1.82) is 0 Å². The van der Waals surface area contributed by atoms with Crippen LogP contribution in [0.1, 0.15) is 22.3 Å². The predicted octanol–water partition coefficient (Wildman–Crippen LogP) is 5.78. The van der Waals surface area contributed by atoms with Crippen LogP contribution in [-0.4, -0.2) is 61.0 Å². The number of thiazole rings is 1. The zero-order valence-electron chi connectivity index (χ0n) is 20.7. The molecule has 1 aliphatic heterocycles. The highest BCUT2D eigenvalue weighted by Gasteiger charge is 2.23. The third-order valence-corrected chi connectivity index (χ3v) is 7.64. The average molecular weight is 523 g/mol. The molecule has 1 amide bonds. The van der Waals surface area contributed by atoms with Gasteiger partial charge < -0.3 is 9.64 Å². The Kier molecular flexibility index (Phi) is 8.26. The molecule has 0 saturated carbocycles. The number of aromatic nitrogens is 1. The molecule has 3 aromatic carbocycles. The first kappa shape index (κ1) is 26.1. The highest BCUT2D eigenvalue weighted by Crippen LogP contribution is 2.39. The fraction of sp³-hybridized carbons (Fsp3) is 0.286. The van der Waals surface area contributed by atoms with Crippen LogP contribution >= 0.6 is 23.7 Å². The summed E-state index contributed by atoms with van der Waals surface area (Å²) in [6.45, 7) is 3.10. The van der Waals surface area contributed by atoms with Crippen LogP contribution < -0.4 is 10.1 Å². The van der Waals surface area contributed by atoms with Crippen LogP contribution in [0.2, 0.25) is 0 Å². The van der Waals surface area contributed by atoms with Gasteiger partial charge in [-0.3, -0.25) is 15.0 Å². The van der Waals surface area contributed by atoms with Gasteiger partial charge in [0.2, 0.25) is 0 Å². The number of hydrogen-bond donors (Lipinski definition) is 1. The minimum absolute atomic E-state index is 0. The van der Waals surface area contributed by atoms with Gasteiger partial charge in [-0.25, -0.2) is 4.98 Å². The molecule has 4 aromatic rings. The highest BCUT2D eigenvalue weighted by molar-refractivity contribution is 7.23. The molecule has 0 radical (unpaired) electrons. The number of likely N-dealkylation sites (tertiary alicyclic amines) is 1. The van der Waals surface area contributed by atoms with Gasteiger partial charge in [-0.1, -0.05) is 53.8 Å². The van der Waals surface area contributed by atoms with E-state index in [1.165, 1.54) is 23.3 Å². The van der Waals surface area contributed by atoms with Crippen LogP contribution in [0.4, 0.5) is 5.13 Å². The number of methoxy groups -OCH3 is 1. The van der Waals surface area contributed by atoms with Crippen LogP contribution in [-0.2, 0) is 6.54 Å². The number of likely N-dealkylation sites (N-methyl/N-ethyl adjacent to an activating group) is 1. The maximum Gasteiger partial charge on any atom is 0.257 e. The second kappa shape index (κ2) is 11.4. The van der Waals surface area contributed by atoms with E-state index in [1.54, 1.807) is 7.11 Å². The molecule has 8 heteroatoms. The van der Waals surface area contributed by atoms with Crippen LogP contribution in [0.5, 0.6) is 5.75 Å². The molecule has 0 unspecified atom stereocenters. The molecule has 6 nitrogen and oxygen atoms in total. The number of hydrogen-bond acceptors (Lipinski definition) is 6. The molecule has 0 spiro atoms. The Morgan fingerprint density at radius 1 is 1.11 bits per heavy atom. The van der Waals surface area contributed by atoms with Crippen molar-refractivity contribution in [3.8, 4) is 16.9 Å². The van der Waals surface area contributed by atoms with Crippen LogP contribution in [0.3, 0.4) is 0 Å². The van der Waals surface area contributed by atoms with Crippen molar-refractivity contribution >= 4 is 45.0 Å². The zero-order valence-corrected chi connectivity index (χ0v) is 22.4. The van der Waals surface area contributed by atoms with Gasteiger partial charge in [0.1, 0.15) is 11.3 Å². The first-order valence-corrected chi connectivity index (χ1v) is 12.7. The third-order valence-electron chi connectivity index (χ3n) is 6.63. The SMILES string of the molecule is COc1ccc(-c2ccccc2)c2sc(NC(=O)c3ccc(CN4CC[C@@H](N(C)C)C4)cc3)nc12.Cl. The van der Waals surface area contributed by atoms with E-state index in [0.717, 1.165) is 41.0 Å². The van der Waals surface area contributed by atoms with Crippen molar-refractivity contribution in [3.63, 3.8) is 0 Å². The fourth-order valence-corrected chi connectivity index (χ4v) is 5.63. The van der Waals surface area contributed by atoms with E-state index < -0.39 is 0 Å². The molecule has 0 aliphatic carbocycles. The maximum atomic E-state index is 13.0. The zero-order chi connectivity index (χ0) is 24.4. The Morgan fingerprint density at radius 2 is 1.86 bits per heavy atom. The van der Waals surface area contributed by atoms with Crippen LogP contribution in [0.25, 0.3) is 21.3 Å². The lowest BCUT2D eigenvalue weighted by Gasteiger charge is -2.20. The summed E-state index contributed by atoms with van der Waals surface area (Å²) in [5, 5.41) is 3.54. The Balaban J connectivity index is 0.00000304. The van der Waals surface area contributed by atoms with E-state index in [9.17, 15) is 4.79 Å². The van der Waals surface area contributed by atoms with Crippen molar-refractivity contribution in [2.75, 3.05) is 39.6 Å². The van der Waals surface area contributed by atoms with Crippen LogP contribution in [0.15, 0.2) is 66.7 Å². The van der Waals surface area contributed by atoms with Crippen molar-refractivity contribution in [2.24, 2.45) is 0 Å². The van der Waals surface area contributed by atoms with Gasteiger partial charge in [0.15, 0.2) is 5.13 Å². The van der Waals surface area contributed by atoms with E-state index >= 15 is 0 Å². The highest BCUT2D eigenvalue weighted by atomic mass is 35.5. The Labute approximate surface area is 222 Å². The Morgan fingerprint density at radius 3 is 2.53 bits per heavy atom. The molecule has 1 fully saturated rings. The molecule has 36 heavy (non-hydrogen) atoms. The predicted molar refractivity (Wildman–Crippen MR) is 151 cm³/mol. The van der Waals surface area contributed by atoms with Gasteiger partial charge in [0.25, 0.3) is 5.91 Å². The van der Waals surface area contributed by atoms with E-state index in [-0.39, 0.29) is 18.3 Å².